The largest absolute Gasteiger partial charge is 0.511 e. The molecule has 5 aromatic carbocycles. The van der Waals surface area contributed by atoms with E-state index in [0.717, 1.165) is 32.1 Å². The third kappa shape index (κ3) is 3.17. The van der Waals surface area contributed by atoms with Crippen LogP contribution in [0.4, 0.5) is 0 Å². The summed E-state index contributed by atoms with van der Waals surface area (Å²) >= 11 is 0. The van der Waals surface area contributed by atoms with Gasteiger partial charge in [0, 0.05) is 72.3 Å². The molecule has 2 aliphatic rings. The second-order valence-electron chi connectivity index (χ2n) is 12.1. The van der Waals surface area contributed by atoms with Crippen LogP contribution in [0.2, 0.25) is 0 Å². The molecular weight excluding hydrogens is 538 g/mol. The van der Waals surface area contributed by atoms with Crippen molar-refractivity contribution in [3.8, 4) is 18.0 Å². The van der Waals surface area contributed by atoms with Gasteiger partial charge in [0.05, 0.1) is 23.3 Å². The number of hydrogen-bond acceptors (Lipinski definition) is 6. The highest BCUT2D eigenvalue weighted by atomic mass is 16.3. The molecule has 0 amide bonds. The van der Waals surface area contributed by atoms with Gasteiger partial charge >= 0.3 is 0 Å². The molecule has 1 aromatic heterocycles. The maximum atomic E-state index is 14.0. The molecule has 6 aromatic rings. The summed E-state index contributed by atoms with van der Waals surface area (Å²) in [5, 5.41) is 50.3. The van der Waals surface area contributed by atoms with Gasteiger partial charge in [-0.15, -0.1) is 0 Å². The van der Waals surface area contributed by atoms with E-state index < -0.39 is 0 Å². The number of nitriles is 2. The molecule has 0 bridgehead atoms. The van der Waals surface area contributed by atoms with Crippen LogP contribution in [-0.4, -0.2) is 20.6 Å². The van der Waals surface area contributed by atoms with Crippen LogP contribution in [0.15, 0.2) is 41.2 Å². The third-order valence-corrected chi connectivity index (χ3v) is 10.1. The molecule has 1 heterocycles. The Labute approximate surface area is 245 Å². The Morgan fingerprint density at radius 2 is 1.42 bits per heavy atom. The molecule has 8 rings (SSSR count). The van der Waals surface area contributed by atoms with Crippen LogP contribution in [-0.2, 0) is 0 Å². The molecule has 1 atom stereocenters. The van der Waals surface area contributed by atoms with E-state index in [4.69, 9.17) is 0 Å². The normalized spacial score (nSPS) is 17.8. The molecule has 0 saturated heterocycles. The van der Waals surface area contributed by atoms with Gasteiger partial charge < -0.3 is 10.2 Å². The minimum absolute atomic E-state index is 0.110. The van der Waals surface area contributed by atoms with E-state index in [1.807, 2.05) is 19.1 Å². The SMILES string of the molecule is CCC1CC(=O)c2cc(C#N)c3c4ccc5c(=O)n(C6CCCCC6)c(O)c6cc(C#N)c(c7ccc(c2c73)=C1O)c4c65. The van der Waals surface area contributed by atoms with E-state index in [-0.39, 0.29) is 41.4 Å². The first-order valence-corrected chi connectivity index (χ1v) is 15.0. The zero-order chi connectivity index (χ0) is 29.7. The minimum Gasteiger partial charge on any atom is -0.511 e. The van der Waals surface area contributed by atoms with E-state index in [2.05, 4.69) is 12.1 Å². The van der Waals surface area contributed by atoms with Crippen molar-refractivity contribution in [2.45, 2.75) is 57.9 Å². The number of Topliss-reactive ketones (excluding diaryl/α,β-unsaturated/α-hetero) is 1. The quantitative estimate of drug-likeness (QED) is 0.172. The Kier molecular flexibility index (Phi) is 5.31. The van der Waals surface area contributed by atoms with Gasteiger partial charge in [-0.3, -0.25) is 14.2 Å². The fraction of sp³-hybridized carbons (Fsp3) is 0.278. The maximum absolute atomic E-state index is 14.0. The van der Waals surface area contributed by atoms with Crippen molar-refractivity contribution in [1.82, 2.24) is 4.57 Å². The standard InChI is InChI=1S/C36H27N3O4/c1-2-17-14-27(40)25-12-18(15-37)28-22-9-11-24-31-26(36(43)39(35(24)42)20-6-4-3-5-7-20)13-19(16-38)29(33(22)31)21-8-10-23(34(17)41)30(25)32(21)28/h8-13,17,20,41,43H,2-7,14H2,1H3. The second-order valence-corrected chi connectivity index (χ2v) is 12.1. The molecule has 2 N–H and O–H groups in total. The van der Waals surface area contributed by atoms with Gasteiger partial charge in [0.15, 0.2) is 5.78 Å². The van der Waals surface area contributed by atoms with Gasteiger partial charge in [0.1, 0.15) is 5.76 Å². The van der Waals surface area contributed by atoms with E-state index >= 15 is 0 Å². The molecule has 0 aliphatic heterocycles. The summed E-state index contributed by atoms with van der Waals surface area (Å²) in [5.74, 6) is -0.452. The molecule has 7 heteroatoms. The van der Waals surface area contributed by atoms with Crippen LogP contribution in [0.25, 0.3) is 59.6 Å². The lowest BCUT2D eigenvalue weighted by Gasteiger charge is -2.27. The lowest BCUT2D eigenvalue weighted by Crippen LogP contribution is -2.26. The first-order valence-electron chi connectivity index (χ1n) is 15.0. The molecule has 1 fully saturated rings. The number of aliphatic hydroxyl groups excluding tert-OH is 1. The number of aliphatic hydroxyl groups is 1. The number of rotatable bonds is 2. The monoisotopic (exact) mass is 565 g/mol. The summed E-state index contributed by atoms with van der Waals surface area (Å²) in [4.78, 5) is 27.6. The number of fused-ring (bicyclic) bond motifs is 2. The van der Waals surface area contributed by atoms with Crippen LogP contribution in [0.3, 0.4) is 0 Å². The van der Waals surface area contributed by atoms with Crippen LogP contribution in [0, 0.1) is 28.6 Å². The fourth-order valence-corrected chi connectivity index (χ4v) is 8.09. The molecule has 43 heavy (non-hydrogen) atoms. The highest BCUT2D eigenvalue weighted by Crippen LogP contribution is 2.47. The second kappa shape index (κ2) is 8.93. The van der Waals surface area contributed by atoms with Gasteiger partial charge in [-0.2, -0.15) is 10.5 Å². The first-order chi connectivity index (χ1) is 20.9. The van der Waals surface area contributed by atoms with E-state index in [0.29, 0.717) is 82.2 Å². The number of aromatic nitrogens is 1. The van der Waals surface area contributed by atoms with Crippen molar-refractivity contribution in [2.75, 3.05) is 0 Å². The number of aromatic hydroxyl groups is 1. The maximum Gasteiger partial charge on any atom is 0.261 e. The number of benzene rings is 5. The lowest BCUT2D eigenvalue weighted by molar-refractivity contribution is 0.0967. The smallest absolute Gasteiger partial charge is 0.261 e. The summed E-state index contributed by atoms with van der Waals surface area (Å²) in [6, 6.07) is 15.1. The van der Waals surface area contributed by atoms with E-state index in [1.54, 1.807) is 24.3 Å². The van der Waals surface area contributed by atoms with Gasteiger partial charge in [-0.1, -0.05) is 44.4 Å². The van der Waals surface area contributed by atoms with Gasteiger partial charge in [0.2, 0.25) is 5.88 Å². The highest BCUT2D eigenvalue weighted by molar-refractivity contribution is 6.39. The van der Waals surface area contributed by atoms with Gasteiger partial charge in [-0.05, 0) is 48.2 Å². The predicted octanol–water partition coefficient (Wildman–Crippen LogP) is 7.00. The highest BCUT2D eigenvalue weighted by Gasteiger charge is 2.30. The molecule has 210 valence electrons. The van der Waals surface area contributed by atoms with Crippen LogP contribution >= 0.6 is 0 Å². The predicted molar refractivity (Wildman–Crippen MR) is 167 cm³/mol. The van der Waals surface area contributed by atoms with Gasteiger partial charge in [0.25, 0.3) is 5.56 Å². The molecule has 0 spiro atoms. The van der Waals surface area contributed by atoms with Crippen molar-refractivity contribution in [3.63, 3.8) is 0 Å². The molecule has 1 unspecified atom stereocenters. The Morgan fingerprint density at radius 1 is 0.791 bits per heavy atom. The number of carbonyl (C=O) groups is 1. The zero-order valence-electron chi connectivity index (χ0n) is 23.6. The summed E-state index contributed by atoms with van der Waals surface area (Å²) in [7, 11) is 0. The zero-order valence-corrected chi connectivity index (χ0v) is 23.6. The topological polar surface area (TPSA) is 127 Å². The Morgan fingerprint density at radius 3 is 2.09 bits per heavy atom. The van der Waals surface area contributed by atoms with E-state index in [1.165, 1.54) is 4.57 Å². The number of ketones is 1. The third-order valence-electron chi connectivity index (χ3n) is 10.1. The minimum atomic E-state index is -0.337. The Bertz CT molecular complexity index is 2430. The van der Waals surface area contributed by atoms with Crippen molar-refractivity contribution in [2.24, 2.45) is 5.92 Å². The van der Waals surface area contributed by atoms with Crippen molar-refractivity contribution in [3.05, 3.63) is 68.7 Å². The summed E-state index contributed by atoms with van der Waals surface area (Å²) < 4.78 is 1.51. The molecule has 2 aliphatic carbocycles. The summed E-state index contributed by atoms with van der Waals surface area (Å²) in [6.07, 6.45) is 5.43. The van der Waals surface area contributed by atoms with Crippen LogP contribution in [0.5, 0.6) is 5.88 Å². The molecule has 0 radical (unpaired) electrons. The average Bonchev–Trinajstić information content (AvgIpc) is 3.14. The number of nitrogens with zero attached hydrogens (tertiary/aromatic N) is 3. The number of pyridine rings is 1. The van der Waals surface area contributed by atoms with Crippen molar-refractivity contribution < 1.29 is 15.0 Å². The van der Waals surface area contributed by atoms with Crippen molar-refractivity contribution >= 4 is 65.4 Å². The van der Waals surface area contributed by atoms with Crippen molar-refractivity contribution in [1.29, 1.82) is 10.5 Å². The van der Waals surface area contributed by atoms with Crippen LogP contribution in [0.1, 0.15) is 79.4 Å². The molecular formula is C36H27N3O4. The number of carbonyl (C=O) groups excluding carboxylic acids is 1. The fourth-order valence-electron chi connectivity index (χ4n) is 8.09. The average molecular weight is 566 g/mol. The number of hydrogen-bond donors (Lipinski definition) is 2. The molecule has 1 saturated carbocycles. The van der Waals surface area contributed by atoms with Gasteiger partial charge in [-0.25, -0.2) is 0 Å². The first kappa shape index (κ1) is 25.6. The molecule has 7 nitrogen and oxygen atoms in total. The van der Waals surface area contributed by atoms with E-state index in [9.17, 15) is 30.3 Å². The van der Waals surface area contributed by atoms with Crippen LogP contribution < -0.4 is 10.8 Å². The summed E-state index contributed by atoms with van der Waals surface area (Å²) in [6.45, 7) is 1.93. The lowest BCUT2D eigenvalue weighted by atomic mass is 9.82. The Balaban J connectivity index is 1.66. The Hall–Kier alpha value is -5.14. The summed E-state index contributed by atoms with van der Waals surface area (Å²) in [5.41, 5.74) is 0.775.